The van der Waals surface area contributed by atoms with Crippen LogP contribution in [0.25, 0.3) is 0 Å². The summed E-state index contributed by atoms with van der Waals surface area (Å²) in [6, 6.07) is 5.46. The number of hydrogen-bond donors (Lipinski definition) is 2. The summed E-state index contributed by atoms with van der Waals surface area (Å²) in [4.78, 5) is 12.1. The van der Waals surface area contributed by atoms with Crippen molar-refractivity contribution < 1.29 is 14.3 Å². The number of benzene rings is 1. The summed E-state index contributed by atoms with van der Waals surface area (Å²) >= 11 is 0. The molecule has 5 heteroatoms. The van der Waals surface area contributed by atoms with Gasteiger partial charge in [-0.3, -0.25) is 4.79 Å². The Labute approximate surface area is 126 Å². The summed E-state index contributed by atoms with van der Waals surface area (Å²) in [7, 11) is 3.22. The molecule has 0 saturated carbocycles. The van der Waals surface area contributed by atoms with Crippen LogP contribution in [0.3, 0.4) is 0 Å². The Morgan fingerprint density at radius 3 is 2.57 bits per heavy atom. The molecule has 2 unspecified atom stereocenters. The van der Waals surface area contributed by atoms with Crippen LogP contribution in [0.1, 0.15) is 38.3 Å². The van der Waals surface area contributed by atoms with Crippen molar-refractivity contribution in [1.29, 1.82) is 0 Å². The number of rotatable bonds is 8. The Balaban J connectivity index is 2.74. The van der Waals surface area contributed by atoms with Gasteiger partial charge in [0.15, 0.2) is 0 Å². The average molecular weight is 294 g/mol. The molecule has 0 spiro atoms. The number of ether oxygens (including phenoxy) is 2. The highest BCUT2D eigenvalue weighted by molar-refractivity contribution is 5.78. The third kappa shape index (κ3) is 4.93. The van der Waals surface area contributed by atoms with E-state index in [2.05, 4.69) is 5.32 Å². The molecule has 1 aromatic rings. The molecule has 0 heterocycles. The highest BCUT2D eigenvalue weighted by Crippen LogP contribution is 2.29. The molecule has 5 nitrogen and oxygen atoms in total. The molecule has 0 saturated heterocycles. The monoisotopic (exact) mass is 294 g/mol. The molecule has 1 amide bonds. The molecule has 0 aromatic heterocycles. The first-order chi connectivity index (χ1) is 10.0. The molecule has 0 aliphatic rings. The van der Waals surface area contributed by atoms with E-state index in [0.29, 0.717) is 12.3 Å². The lowest BCUT2D eigenvalue weighted by Gasteiger charge is -2.20. The maximum atomic E-state index is 12.1. The maximum Gasteiger partial charge on any atom is 0.223 e. The minimum absolute atomic E-state index is 0.0359. The standard InChI is InChI=1S/C16H26N2O3/c1-11(6-5-9-17)16(19)18-12(2)14-8-7-13(20-3)10-15(14)21-4/h7-8,10-12H,5-6,9,17H2,1-4H3,(H,18,19). The normalized spacial score (nSPS) is 13.4. The number of carbonyl (C=O) groups excluding carboxylic acids is 1. The van der Waals surface area contributed by atoms with Gasteiger partial charge in [-0.2, -0.15) is 0 Å². The van der Waals surface area contributed by atoms with Gasteiger partial charge < -0.3 is 20.5 Å². The molecular formula is C16H26N2O3. The highest BCUT2D eigenvalue weighted by atomic mass is 16.5. The fourth-order valence-electron chi connectivity index (χ4n) is 2.16. The average Bonchev–Trinajstić information content (AvgIpc) is 2.51. The van der Waals surface area contributed by atoms with Crippen LogP contribution in [0.15, 0.2) is 18.2 Å². The third-order valence-electron chi connectivity index (χ3n) is 3.55. The minimum atomic E-state index is -0.126. The Morgan fingerprint density at radius 2 is 2.00 bits per heavy atom. The second-order valence-corrected chi connectivity index (χ2v) is 5.17. The van der Waals surface area contributed by atoms with Crippen molar-refractivity contribution in [2.75, 3.05) is 20.8 Å². The van der Waals surface area contributed by atoms with Crippen molar-refractivity contribution in [2.24, 2.45) is 11.7 Å². The van der Waals surface area contributed by atoms with Gasteiger partial charge in [0.1, 0.15) is 11.5 Å². The van der Waals surface area contributed by atoms with E-state index in [1.54, 1.807) is 14.2 Å². The van der Waals surface area contributed by atoms with E-state index in [1.165, 1.54) is 0 Å². The molecule has 0 radical (unpaired) electrons. The zero-order valence-corrected chi connectivity index (χ0v) is 13.3. The van der Waals surface area contributed by atoms with Crippen LogP contribution >= 0.6 is 0 Å². The molecule has 3 N–H and O–H groups in total. The number of nitrogens with two attached hydrogens (primary N) is 1. The number of methoxy groups -OCH3 is 2. The summed E-state index contributed by atoms with van der Waals surface area (Å²) in [6.45, 7) is 4.47. The summed E-state index contributed by atoms with van der Waals surface area (Å²) in [6.07, 6.45) is 1.66. The molecule has 0 aliphatic carbocycles. The molecule has 118 valence electrons. The summed E-state index contributed by atoms with van der Waals surface area (Å²) in [5, 5.41) is 3.02. The molecule has 21 heavy (non-hydrogen) atoms. The van der Waals surface area contributed by atoms with Gasteiger partial charge in [0.05, 0.1) is 20.3 Å². The molecule has 0 fully saturated rings. The summed E-state index contributed by atoms with van der Waals surface area (Å²) < 4.78 is 10.5. The molecule has 2 atom stereocenters. The molecule has 1 aromatic carbocycles. The predicted molar refractivity (Wildman–Crippen MR) is 83.6 cm³/mol. The van der Waals surface area contributed by atoms with Gasteiger partial charge in [-0.15, -0.1) is 0 Å². The maximum absolute atomic E-state index is 12.1. The number of nitrogens with one attached hydrogen (secondary N) is 1. The number of amides is 1. The van der Waals surface area contributed by atoms with Gasteiger partial charge in [0, 0.05) is 17.5 Å². The van der Waals surface area contributed by atoms with Crippen molar-refractivity contribution in [3.8, 4) is 11.5 Å². The van der Waals surface area contributed by atoms with E-state index in [1.807, 2.05) is 32.0 Å². The Morgan fingerprint density at radius 1 is 1.29 bits per heavy atom. The first-order valence-corrected chi connectivity index (χ1v) is 7.25. The van der Waals surface area contributed by atoms with E-state index in [0.717, 1.165) is 24.2 Å². The van der Waals surface area contributed by atoms with Gasteiger partial charge in [-0.25, -0.2) is 0 Å². The van der Waals surface area contributed by atoms with Crippen LogP contribution < -0.4 is 20.5 Å². The van der Waals surface area contributed by atoms with Crippen molar-refractivity contribution in [3.63, 3.8) is 0 Å². The fourth-order valence-corrected chi connectivity index (χ4v) is 2.16. The largest absolute Gasteiger partial charge is 0.497 e. The second-order valence-electron chi connectivity index (χ2n) is 5.17. The van der Waals surface area contributed by atoms with Crippen LogP contribution in [-0.2, 0) is 4.79 Å². The number of carbonyl (C=O) groups is 1. The number of hydrogen-bond acceptors (Lipinski definition) is 4. The minimum Gasteiger partial charge on any atom is -0.497 e. The van der Waals surface area contributed by atoms with Crippen LogP contribution in [0.4, 0.5) is 0 Å². The Kier molecular flexibility index (Phi) is 7.02. The highest BCUT2D eigenvalue weighted by Gasteiger charge is 2.18. The van der Waals surface area contributed by atoms with E-state index >= 15 is 0 Å². The van der Waals surface area contributed by atoms with Gasteiger partial charge in [-0.1, -0.05) is 6.92 Å². The van der Waals surface area contributed by atoms with Crippen LogP contribution in [0.2, 0.25) is 0 Å². The smallest absolute Gasteiger partial charge is 0.223 e. The van der Waals surface area contributed by atoms with Gasteiger partial charge in [0.25, 0.3) is 0 Å². The van der Waals surface area contributed by atoms with Crippen molar-refractivity contribution in [3.05, 3.63) is 23.8 Å². The second kappa shape index (κ2) is 8.52. The fraction of sp³-hybridized carbons (Fsp3) is 0.562. The quantitative estimate of drug-likeness (QED) is 0.771. The zero-order chi connectivity index (χ0) is 15.8. The third-order valence-corrected chi connectivity index (χ3v) is 3.55. The SMILES string of the molecule is COc1ccc(C(C)NC(=O)C(C)CCCN)c(OC)c1. The predicted octanol–water partition coefficient (Wildman–Crippen LogP) is 2.26. The van der Waals surface area contributed by atoms with Crippen LogP contribution in [-0.4, -0.2) is 26.7 Å². The van der Waals surface area contributed by atoms with Crippen molar-refractivity contribution >= 4 is 5.91 Å². The topological polar surface area (TPSA) is 73.6 Å². The summed E-state index contributed by atoms with van der Waals surface area (Å²) in [5.74, 6) is 1.43. The summed E-state index contributed by atoms with van der Waals surface area (Å²) in [5.41, 5.74) is 6.40. The van der Waals surface area contributed by atoms with E-state index in [9.17, 15) is 4.79 Å². The molecule has 0 aliphatic heterocycles. The first kappa shape index (κ1) is 17.3. The van der Waals surface area contributed by atoms with E-state index in [4.69, 9.17) is 15.2 Å². The Bertz CT molecular complexity index is 463. The zero-order valence-electron chi connectivity index (χ0n) is 13.3. The first-order valence-electron chi connectivity index (χ1n) is 7.25. The van der Waals surface area contributed by atoms with Crippen molar-refractivity contribution in [2.45, 2.75) is 32.7 Å². The van der Waals surface area contributed by atoms with Gasteiger partial charge >= 0.3 is 0 Å². The lowest BCUT2D eigenvalue weighted by atomic mass is 10.0. The van der Waals surface area contributed by atoms with E-state index in [-0.39, 0.29) is 17.9 Å². The molecule has 1 rings (SSSR count). The van der Waals surface area contributed by atoms with Crippen LogP contribution in [0.5, 0.6) is 11.5 Å². The van der Waals surface area contributed by atoms with Crippen molar-refractivity contribution in [1.82, 2.24) is 5.32 Å². The van der Waals surface area contributed by atoms with E-state index < -0.39 is 0 Å². The lowest BCUT2D eigenvalue weighted by Crippen LogP contribution is -2.32. The van der Waals surface area contributed by atoms with Crippen LogP contribution in [0, 0.1) is 5.92 Å². The van der Waals surface area contributed by atoms with Gasteiger partial charge in [-0.05, 0) is 38.4 Å². The van der Waals surface area contributed by atoms with Gasteiger partial charge in [0.2, 0.25) is 5.91 Å². The lowest BCUT2D eigenvalue weighted by molar-refractivity contribution is -0.125. The Hall–Kier alpha value is -1.75. The molecule has 0 bridgehead atoms. The molecular weight excluding hydrogens is 268 g/mol.